The smallest absolute Gasteiger partial charge is 0.304 e. The van der Waals surface area contributed by atoms with Gasteiger partial charge in [-0.15, -0.1) is 24.8 Å². The minimum atomic E-state index is -3.71. The van der Waals surface area contributed by atoms with Crippen LogP contribution in [-0.4, -0.2) is 201 Å². The van der Waals surface area contributed by atoms with Crippen LogP contribution in [0.1, 0.15) is 35.1 Å². The molecular weight excluding hydrogens is 1020 g/mol. The van der Waals surface area contributed by atoms with Crippen molar-refractivity contribution in [1.29, 1.82) is 0 Å². The topological polar surface area (TPSA) is 202 Å². The van der Waals surface area contributed by atoms with Gasteiger partial charge in [0.05, 0.1) is 30.4 Å². The summed E-state index contributed by atoms with van der Waals surface area (Å²) in [5, 5.41) is 11.8. The summed E-state index contributed by atoms with van der Waals surface area (Å²) in [6, 6.07) is 14.9. The molecule has 2 aromatic carbocycles. The van der Waals surface area contributed by atoms with E-state index in [4.69, 9.17) is 14.6 Å². The highest BCUT2D eigenvalue weighted by Crippen LogP contribution is 2.29. The van der Waals surface area contributed by atoms with Gasteiger partial charge in [0.1, 0.15) is 11.5 Å². The summed E-state index contributed by atoms with van der Waals surface area (Å²) in [6.45, 7) is 18.9. The number of nitrogens with zero attached hydrogens (tertiary/aromatic N) is 9. The van der Waals surface area contributed by atoms with Crippen LogP contribution in [0.5, 0.6) is 11.5 Å². The lowest BCUT2D eigenvalue weighted by atomic mass is 10.1. The molecule has 0 unspecified atom stereocenters. The van der Waals surface area contributed by atoms with Gasteiger partial charge in [0.2, 0.25) is 26.0 Å². The Morgan fingerprint density at radius 1 is 0.603 bits per heavy atom. The Morgan fingerprint density at radius 2 is 0.959 bits per heavy atom. The Bertz CT molecular complexity index is 2490. The number of hydrogen-bond acceptors (Lipinski definition) is 15. The van der Waals surface area contributed by atoms with Crippen molar-refractivity contribution in [3.63, 3.8) is 0 Å². The molecule has 2 saturated heterocycles. The van der Waals surface area contributed by atoms with Gasteiger partial charge >= 0.3 is 5.97 Å². The fraction of sp³-hybridized carbons (Fsp3) is 0.520. The number of nitrogens with one attached hydrogen (secondary N) is 1. The molecule has 73 heavy (non-hydrogen) atoms. The minimum Gasteiger partial charge on any atom is -0.497 e. The van der Waals surface area contributed by atoms with Gasteiger partial charge < -0.3 is 34.6 Å². The van der Waals surface area contributed by atoms with E-state index in [9.17, 15) is 26.4 Å². The Balaban J connectivity index is 0.000000407. The number of amides is 1. The number of benzene rings is 2. The third-order valence-electron chi connectivity index (χ3n) is 12.6. The van der Waals surface area contributed by atoms with Gasteiger partial charge in [-0.25, -0.2) is 25.4 Å². The minimum absolute atomic E-state index is 0. The first-order valence-electron chi connectivity index (χ1n) is 23.8. The number of aliphatic carboxylic acids is 1. The molecule has 0 saturated carbocycles. The lowest BCUT2D eigenvalue weighted by Gasteiger charge is -2.36. The van der Waals surface area contributed by atoms with Gasteiger partial charge in [-0.05, 0) is 106 Å². The maximum Gasteiger partial charge on any atom is 0.304 e. The maximum absolute atomic E-state index is 13.2. The van der Waals surface area contributed by atoms with Crippen LogP contribution in [0, 0.1) is 27.7 Å². The Kier molecular flexibility index (Phi) is 27.4. The number of pyridine rings is 2. The van der Waals surface area contributed by atoms with E-state index in [1.165, 1.54) is 36.9 Å². The fourth-order valence-electron chi connectivity index (χ4n) is 8.37. The molecule has 1 amide bonds. The van der Waals surface area contributed by atoms with Crippen LogP contribution >= 0.6 is 24.8 Å². The number of halogens is 2. The average molecular weight is 1100 g/mol. The second-order valence-corrected chi connectivity index (χ2v) is 21.7. The third kappa shape index (κ3) is 19.1. The van der Waals surface area contributed by atoms with Crippen LogP contribution in [0.4, 0.5) is 11.4 Å². The maximum atomic E-state index is 13.2. The molecule has 4 heterocycles. The molecule has 0 aliphatic carbocycles. The predicted octanol–water partition coefficient (Wildman–Crippen LogP) is 4.67. The molecule has 408 valence electrons. The van der Waals surface area contributed by atoms with Gasteiger partial charge in [0, 0.05) is 155 Å². The number of anilines is 2. The van der Waals surface area contributed by atoms with Crippen molar-refractivity contribution >= 4 is 68.1 Å². The summed E-state index contributed by atoms with van der Waals surface area (Å²) < 4.78 is 63.9. The SMILES string of the molecule is CNCCN1CCN(c2ccncc2)CC1.COc1cc(C)c(S(=O)(=O)N(C)CCC(=O)N(C)CCN2CCN(c3ccncc3)CC2)c(C)c1.COc1cc(C)c(S(=O)(=O)N(C)CCC(=O)O)c(C)c1.Cl.Cl. The number of piperazine rings is 2. The van der Waals surface area contributed by atoms with Crippen LogP contribution in [-0.2, 0) is 29.6 Å². The monoisotopic (exact) mass is 1100 g/mol. The van der Waals surface area contributed by atoms with E-state index in [1.807, 2.05) is 44.0 Å². The van der Waals surface area contributed by atoms with Crippen molar-refractivity contribution < 1.29 is 41.0 Å². The first-order valence-corrected chi connectivity index (χ1v) is 26.7. The van der Waals surface area contributed by atoms with Crippen LogP contribution in [0.3, 0.4) is 0 Å². The number of ether oxygens (including phenoxy) is 2. The van der Waals surface area contributed by atoms with Gasteiger partial charge in [0.25, 0.3) is 0 Å². The summed E-state index contributed by atoms with van der Waals surface area (Å²) in [5.41, 5.74) is 4.88. The van der Waals surface area contributed by atoms with Crippen molar-refractivity contribution in [1.82, 2.24) is 38.6 Å². The number of methoxy groups -OCH3 is 2. The fourth-order valence-corrected chi connectivity index (χ4v) is 11.5. The molecule has 6 rings (SSSR count). The summed E-state index contributed by atoms with van der Waals surface area (Å²) in [5.74, 6) is 0.116. The molecule has 19 nitrogen and oxygen atoms in total. The van der Waals surface area contributed by atoms with Crippen molar-refractivity contribution in [2.24, 2.45) is 0 Å². The first kappa shape index (κ1) is 64.3. The third-order valence-corrected chi connectivity index (χ3v) is 16.9. The van der Waals surface area contributed by atoms with Crippen molar-refractivity contribution in [2.45, 2.75) is 50.3 Å². The Labute approximate surface area is 446 Å². The molecule has 2 aliphatic rings. The van der Waals surface area contributed by atoms with Crippen molar-refractivity contribution in [3.8, 4) is 11.5 Å². The molecule has 0 atom stereocenters. The number of carboxylic acids is 1. The zero-order valence-electron chi connectivity index (χ0n) is 44.1. The quantitative estimate of drug-likeness (QED) is 0.124. The van der Waals surface area contributed by atoms with E-state index < -0.39 is 26.0 Å². The van der Waals surface area contributed by atoms with E-state index in [-0.39, 0.29) is 66.4 Å². The van der Waals surface area contributed by atoms with E-state index >= 15 is 0 Å². The number of aromatic nitrogens is 2. The lowest BCUT2D eigenvalue weighted by molar-refractivity contribution is -0.137. The predicted molar refractivity (Wildman–Crippen MR) is 293 cm³/mol. The van der Waals surface area contributed by atoms with E-state index in [2.05, 4.69) is 47.0 Å². The molecule has 2 N–H and O–H groups in total. The number of sulfonamides is 2. The zero-order valence-corrected chi connectivity index (χ0v) is 47.4. The number of aryl methyl sites for hydroxylation is 4. The number of carboxylic acid groups (broad SMARTS) is 1. The van der Waals surface area contributed by atoms with Crippen molar-refractivity contribution in [2.75, 3.05) is 144 Å². The molecule has 2 fully saturated rings. The second-order valence-electron chi connectivity index (χ2n) is 17.7. The van der Waals surface area contributed by atoms with Crippen LogP contribution in [0.25, 0.3) is 0 Å². The Hall–Kier alpha value is -4.84. The van der Waals surface area contributed by atoms with E-state index in [0.29, 0.717) is 40.3 Å². The molecule has 2 aromatic heterocycles. The first-order chi connectivity index (χ1) is 33.7. The number of rotatable bonds is 20. The van der Waals surface area contributed by atoms with Crippen molar-refractivity contribution in [3.05, 3.63) is 95.6 Å². The highest BCUT2D eigenvalue weighted by Gasteiger charge is 2.28. The van der Waals surface area contributed by atoms with Crippen LogP contribution in [0.15, 0.2) is 83.1 Å². The average Bonchev–Trinajstić information content (AvgIpc) is 3.36. The van der Waals surface area contributed by atoms with Crippen LogP contribution < -0.4 is 24.6 Å². The summed E-state index contributed by atoms with van der Waals surface area (Å²) >= 11 is 0. The molecule has 0 spiro atoms. The summed E-state index contributed by atoms with van der Waals surface area (Å²) in [6.07, 6.45) is 7.25. The zero-order chi connectivity index (χ0) is 52.3. The summed E-state index contributed by atoms with van der Waals surface area (Å²) in [4.78, 5) is 43.2. The lowest BCUT2D eigenvalue weighted by Crippen LogP contribution is -2.48. The van der Waals surface area contributed by atoms with Gasteiger partial charge in [-0.3, -0.25) is 29.4 Å². The normalized spacial score (nSPS) is 14.2. The molecule has 4 aromatic rings. The molecule has 0 radical (unpaired) electrons. The number of carbonyl (C=O) groups excluding carboxylic acids is 1. The summed E-state index contributed by atoms with van der Waals surface area (Å²) in [7, 11) is 2.33. The number of likely N-dealkylation sites (N-methyl/N-ethyl adjacent to an activating group) is 2. The molecule has 23 heteroatoms. The Morgan fingerprint density at radius 3 is 1.30 bits per heavy atom. The van der Waals surface area contributed by atoms with E-state index in [1.54, 1.807) is 71.0 Å². The molecule has 2 aliphatic heterocycles. The highest BCUT2D eigenvalue weighted by atomic mass is 35.5. The standard InChI is InChI=1S/C25H37N5O4S.C13H19NO5S.C12H20N4.2ClH/c1-20-18-23(34-5)19-21(2)25(20)35(32,33)28(4)11-8-24(31)27(3)12-13-29-14-16-30(17-15-29)22-6-9-26-10-7-22;1-9-7-11(19-4)8-10(2)13(9)20(17,18)14(3)6-5-12(15)16;1-13-6-7-15-8-10-16(11-9-15)12-2-4-14-5-3-12;;/h6-7,9-10,18-19H,8,11-17H2,1-5H3;7-8H,5-6H2,1-4H3,(H,15,16);2-5,13H,6-11H2,1H3;2*1H. The van der Waals surface area contributed by atoms with Gasteiger partial charge in [-0.1, -0.05) is 0 Å². The largest absolute Gasteiger partial charge is 0.497 e. The number of carbonyl (C=O) groups is 2. The van der Waals surface area contributed by atoms with E-state index in [0.717, 1.165) is 76.3 Å². The van der Waals surface area contributed by atoms with Gasteiger partial charge in [0.15, 0.2) is 0 Å². The highest BCUT2D eigenvalue weighted by molar-refractivity contribution is 7.89. The molecular formula is C50H78Cl2N10O9S2. The number of hydrogen-bond donors (Lipinski definition) is 2. The second kappa shape index (κ2) is 31.1. The van der Waals surface area contributed by atoms with Crippen LogP contribution in [0.2, 0.25) is 0 Å². The van der Waals surface area contributed by atoms with Gasteiger partial charge in [-0.2, -0.15) is 0 Å². The molecule has 0 bridgehead atoms.